The number of para-hydroxylation sites is 2. The number of benzene rings is 2. The molecule has 2 aromatic carbocycles. The summed E-state index contributed by atoms with van der Waals surface area (Å²) in [4.78, 5) is 33.0. The van der Waals surface area contributed by atoms with E-state index in [0.29, 0.717) is 32.5 Å². The van der Waals surface area contributed by atoms with E-state index in [2.05, 4.69) is 9.97 Å². The number of H-pyrrole nitrogens is 1. The SMILES string of the molecule is O=C(CSc1nc2ccccc2c(=O)n1-c1ccccc1Cl)c1ccc[nH]1. The van der Waals surface area contributed by atoms with Crippen LogP contribution in [0.3, 0.4) is 0 Å². The number of rotatable bonds is 5. The Balaban J connectivity index is 1.83. The van der Waals surface area contributed by atoms with Crippen LogP contribution in [0.25, 0.3) is 16.6 Å². The first-order valence-electron chi connectivity index (χ1n) is 8.21. The van der Waals surface area contributed by atoms with Gasteiger partial charge in [-0.05, 0) is 36.4 Å². The molecular formula is C20H14ClN3O2S. The van der Waals surface area contributed by atoms with Crippen LogP contribution in [0, 0.1) is 0 Å². The second kappa shape index (κ2) is 7.42. The van der Waals surface area contributed by atoms with Gasteiger partial charge in [0.2, 0.25) is 0 Å². The molecule has 5 nitrogen and oxygen atoms in total. The molecule has 0 spiro atoms. The van der Waals surface area contributed by atoms with Crippen molar-refractivity contribution in [3.05, 3.63) is 87.9 Å². The Bertz CT molecular complexity index is 1190. The lowest BCUT2D eigenvalue weighted by Crippen LogP contribution is -2.22. The molecule has 134 valence electrons. The summed E-state index contributed by atoms with van der Waals surface area (Å²) < 4.78 is 1.47. The van der Waals surface area contributed by atoms with E-state index in [-0.39, 0.29) is 17.1 Å². The first kappa shape index (κ1) is 17.6. The van der Waals surface area contributed by atoms with E-state index in [9.17, 15) is 9.59 Å². The summed E-state index contributed by atoms with van der Waals surface area (Å²) in [7, 11) is 0. The number of thioether (sulfide) groups is 1. The average Bonchev–Trinajstić information content (AvgIpc) is 3.22. The van der Waals surface area contributed by atoms with Crippen molar-refractivity contribution in [1.82, 2.24) is 14.5 Å². The highest BCUT2D eigenvalue weighted by atomic mass is 35.5. The van der Waals surface area contributed by atoms with E-state index in [4.69, 9.17) is 11.6 Å². The summed E-state index contributed by atoms with van der Waals surface area (Å²) in [5, 5.41) is 1.36. The number of halogens is 1. The Labute approximate surface area is 164 Å². The molecule has 2 heterocycles. The maximum absolute atomic E-state index is 13.1. The molecule has 0 unspecified atom stereocenters. The third-order valence-corrected chi connectivity index (χ3v) is 5.33. The molecule has 1 N–H and O–H groups in total. The Hall–Kier alpha value is -2.83. The van der Waals surface area contributed by atoms with Crippen LogP contribution in [0.15, 0.2) is 76.8 Å². The summed E-state index contributed by atoms with van der Waals surface area (Å²) in [6.45, 7) is 0. The van der Waals surface area contributed by atoms with Crippen molar-refractivity contribution in [3.8, 4) is 5.69 Å². The summed E-state index contributed by atoms with van der Waals surface area (Å²) in [6, 6.07) is 17.7. The van der Waals surface area contributed by atoms with E-state index >= 15 is 0 Å². The van der Waals surface area contributed by atoms with Gasteiger partial charge in [0.05, 0.1) is 33.1 Å². The van der Waals surface area contributed by atoms with Gasteiger partial charge in [-0.2, -0.15) is 0 Å². The standard InChI is InChI=1S/C20H14ClN3O2S/c21-14-7-2-4-10-17(14)24-19(26)13-6-1-3-8-15(13)23-20(24)27-12-18(25)16-9-5-11-22-16/h1-11,22H,12H2. The Kier molecular flexibility index (Phi) is 4.83. The lowest BCUT2D eigenvalue weighted by atomic mass is 10.2. The van der Waals surface area contributed by atoms with Crippen molar-refractivity contribution in [3.63, 3.8) is 0 Å². The number of ketones is 1. The fourth-order valence-electron chi connectivity index (χ4n) is 2.77. The zero-order valence-corrected chi connectivity index (χ0v) is 15.6. The number of nitrogens with zero attached hydrogens (tertiary/aromatic N) is 2. The fraction of sp³-hybridized carbons (Fsp3) is 0.0500. The van der Waals surface area contributed by atoms with Gasteiger partial charge in [-0.25, -0.2) is 4.98 Å². The van der Waals surface area contributed by atoms with Crippen molar-refractivity contribution in [2.45, 2.75) is 5.16 Å². The van der Waals surface area contributed by atoms with Gasteiger partial charge in [0, 0.05) is 6.20 Å². The highest BCUT2D eigenvalue weighted by Crippen LogP contribution is 2.26. The molecule has 2 aromatic heterocycles. The first-order valence-corrected chi connectivity index (χ1v) is 9.57. The largest absolute Gasteiger partial charge is 0.359 e. The Morgan fingerprint density at radius 3 is 2.63 bits per heavy atom. The average molecular weight is 396 g/mol. The number of nitrogens with one attached hydrogen (secondary N) is 1. The van der Waals surface area contributed by atoms with Gasteiger partial charge in [0.25, 0.3) is 5.56 Å². The molecule has 0 fully saturated rings. The fourth-order valence-corrected chi connectivity index (χ4v) is 3.88. The number of aromatic amines is 1. The third-order valence-electron chi connectivity index (χ3n) is 4.07. The van der Waals surface area contributed by atoms with Gasteiger partial charge in [0.1, 0.15) is 0 Å². The van der Waals surface area contributed by atoms with Crippen LogP contribution in [0.5, 0.6) is 0 Å². The lowest BCUT2D eigenvalue weighted by molar-refractivity contribution is 0.101. The summed E-state index contributed by atoms with van der Waals surface area (Å²) in [6.07, 6.45) is 1.70. The maximum Gasteiger partial charge on any atom is 0.266 e. The molecule has 0 amide bonds. The number of hydrogen-bond acceptors (Lipinski definition) is 4. The number of carbonyl (C=O) groups excluding carboxylic acids is 1. The zero-order valence-electron chi connectivity index (χ0n) is 14.1. The Morgan fingerprint density at radius 1 is 1.07 bits per heavy atom. The summed E-state index contributed by atoms with van der Waals surface area (Å²) in [5.41, 5.74) is 1.43. The van der Waals surface area contributed by atoms with E-state index in [1.165, 1.54) is 16.3 Å². The molecule has 0 aliphatic heterocycles. The molecule has 0 saturated carbocycles. The van der Waals surface area contributed by atoms with Gasteiger partial charge in [-0.3, -0.25) is 14.2 Å². The van der Waals surface area contributed by atoms with Crippen molar-refractivity contribution >= 4 is 40.0 Å². The molecule has 0 atom stereocenters. The molecule has 0 bridgehead atoms. The van der Waals surface area contributed by atoms with Crippen LogP contribution in [-0.2, 0) is 0 Å². The van der Waals surface area contributed by atoms with E-state index < -0.39 is 0 Å². The van der Waals surface area contributed by atoms with Crippen molar-refractivity contribution in [1.29, 1.82) is 0 Å². The minimum absolute atomic E-state index is 0.0712. The van der Waals surface area contributed by atoms with Crippen molar-refractivity contribution in [2.24, 2.45) is 0 Å². The molecular weight excluding hydrogens is 382 g/mol. The van der Waals surface area contributed by atoms with Gasteiger partial charge >= 0.3 is 0 Å². The third kappa shape index (κ3) is 3.41. The second-order valence-electron chi connectivity index (χ2n) is 5.80. The predicted molar refractivity (Wildman–Crippen MR) is 108 cm³/mol. The molecule has 4 aromatic rings. The van der Waals surface area contributed by atoms with Crippen LogP contribution in [-0.4, -0.2) is 26.1 Å². The molecule has 27 heavy (non-hydrogen) atoms. The Morgan fingerprint density at radius 2 is 1.85 bits per heavy atom. The lowest BCUT2D eigenvalue weighted by Gasteiger charge is -2.14. The van der Waals surface area contributed by atoms with Crippen LogP contribution >= 0.6 is 23.4 Å². The molecule has 0 aliphatic carbocycles. The van der Waals surface area contributed by atoms with Crippen LogP contribution in [0.1, 0.15) is 10.5 Å². The number of fused-ring (bicyclic) bond motifs is 1. The topological polar surface area (TPSA) is 67.8 Å². The van der Waals surface area contributed by atoms with Crippen molar-refractivity contribution < 1.29 is 4.79 Å². The number of carbonyl (C=O) groups is 1. The van der Waals surface area contributed by atoms with Gasteiger partial charge in [-0.15, -0.1) is 0 Å². The number of hydrogen-bond donors (Lipinski definition) is 1. The first-order chi connectivity index (χ1) is 13.1. The van der Waals surface area contributed by atoms with Crippen molar-refractivity contribution in [2.75, 3.05) is 5.75 Å². The molecule has 7 heteroatoms. The minimum Gasteiger partial charge on any atom is -0.359 e. The number of Topliss-reactive ketones (excluding diaryl/α,β-unsaturated/α-hetero) is 1. The van der Waals surface area contributed by atoms with Crippen LogP contribution in [0.4, 0.5) is 0 Å². The van der Waals surface area contributed by atoms with E-state index in [1.54, 1.807) is 60.8 Å². The van der Waals surface area contributed by atoms with Crippen LogP contribution < -0.4 is 5.56 Å². The van der Waals surface area contributed by atoms with E-state index in [0.717, 1.165) is 0 Å². The normalized spacial score (nSPS) is 11.0. The van der Waals surface area contributed by atoms with Gasteiger partial charge in [-0.1, -0.05) is 47.6 Å². The maximum atomic E-state index is 13.1. The van der Waals surface area contributed by atoms with E-state index in [1.807, 2.05) is 6.07 Å². The molecule has 0 saturated heterocycles. The number of aromatic nitrogens is 3. The van der Waals surface area contributed by atoms with Crippen LogP contribution in [0.2, 0.25) is 5.02 Å². The highest BCUT2D eigenvalue weighted by Gasteiger charge is 2.17. The van der Waals surface area contributed by atoms with Gasteiger partial charge in [0.15, 0.2) is 10.9 Å². The minimum atomic E-state index is -0.219. The smallest absolute Gasteiger partial charge is 0.266 e. The molecule has 0 radical (unpaired) electrons. The summed E-state index contributed by atoms with van der Waals surface area (Å²) >= 11 is 7.54. The predicted octanol–water partition coefficient (Wildman–Crippen LogP) is 4.34. The second-order valence-corrected chi connectivity index (χ2v) is 7.15. The molecule has 4 rings (SSSR count). The highest BCUT2D eigenvalue weighted by molar-refractivity contribution is 7.99. The zero-order chi connectivity index (χ0) is 18.8. The summed E-state index contributed by atoms with van der Waals surface area (Å²) in [5.74, 6) is 0.0774. The monoisotopic (exact) mass is 395 g/mol. The van der Waals surface area contributed by atoms with Gasteiger partial charge < -0.3 is 4.98 Å². The quantitative estimate of drug-likeness (QED) is 0.310. The molecule has 0 aliphatic rings.